The summed E-state index contributed by atoms with van der Waals surface area (Å²) in [4.78, 5) is 19.6. The van der Waals surface area contributed by atoms with Crippen LogP contribution in [0.15, 0.2) is 0 Å². The molecule has 0 aliphatic heterocycles. The normalized spacial score (nSPS) is 13.2. The Balaban J connectivity index is -0.000000218. The van der Waals surface area contributed by atoms with Crippen LogP contribution in [0.25, 0.3) is 0 Å². The molecule has 0 fully saturated rings. The molecule has 0 bridgehead atoms. The van der Waals surface area contributed by atoms with Crippen LogP contribution in [0.2, 0.25) is 0 Å². The van der Waals surface area contributed by atoms with Crippen molar-refractivity contribution in [2.24, 2.45) is 11.8 Å². The van der Waals surface area contributed by atoms with Gasteiger partial charge in [0.15, 0.2) is 0 Å². The van der Waals surface area contributed by atoms with E-state index in [0.717, 1.165) is 0 Å². The molecule has 96 valence electrons. The predicted molar refractivity (Wildman–Crippen MR) is 57.5 cm³/mol. The van der Waals surface area contributed by atoms with Gasteiger partial charge in [0.1, 0.15) is 0 Å². The quantitative estimate of drug-likeness (QED) is 0.512. The number of carbonyl (C=O) groups excluding carboxylic acids is 2. The van der Waals surface area contributed by atoms with Crippen molar-refractivity contribution in [3.8, 4) is 0 Å². The van der Waals surface area contributed by atoms with Crippen molar-refractivity contribution in [1.29, 1.82) is 0 Å². The third-order valence-corrected chi connectivity index (χ3v) is 1.75. The minimum Gasteiger partial charge on any atom is -0.547 e. The molecule has 0 amide bonds. The summed E-state index contributed by atoms with van der Waals surface area (Å²) in [5, 5.41) is 36.6. The maximum absolute atomic E-state index is 9.78. The van der Waals surface area contributed by atoms with E-state index in [9.17, 15) is 19.8 Å². The Labute approximate surface area is 141 Å². The Hall–Kier alpha value is 0.431. The van der Waals surface area contributed by atoms with Crippen molar-refractivity contribution >= 4 is 60.8 Å². The van der Waals surface area contributed by atoms with E-state index >= 15 is 0 Å². The van der Waals surface area contributed by atoms with Crippen molar-refractivity contribution in [1.82, 2.24) is 0 Å². The summed E-state index contributed by atoms with van der Waals surface area (Å²) < 4.78 is 0. The van der Waals surface area contributed by atoms with Gasteiger partial charge >= 0.3 is 48.9 Å². The van der Waals surface area contributed by atoms with Gasteiger partial charge < -0.3 is 30.0 Å². The van der Waals surface area contributed by atoms with Gasteiger partial charge in [-0.2, -0.15) is 0 Å². The van der Waals surface area contributed by atoms with E-state index in [-0.39, 0.29) is 60.7 Å². The Morgan fingerprint density at radius 2 is 1.00 bits per heavy atom. The first kappa shape index (κ1) is 22.6. The molecule has 0 saturated carbocycles. The molecule has 17 heavy (non-hydrogen) atoms. The number of carbonyl (C=O) groups is 2. The van der Waals surface area contributed by atoms with Crippen molar-refractivity contribution in [3.63, 3.8) is 0 Å². The first-order valence-corrected chi connectivity index (χ1v) is 4.89. The molecule has 6 nitrogen and oxygen atoms in total. The number of carboxylic acid groups (broad SMARTS) is 2. The molecule has 0 unspecified atom stereocenters. The zero-order chi connectivity index (χ0) is 13.5. The molecule has 0 aliphatic rings. The zero-order valence-electron chi connectivity index (χ0n) is 10.5. The number of hydrogen-bond donors (Lipinski definition) is 2. The first-order valence-electron chi connectivity index (χ1n) is 4.89. The van der Waals surface area contributed by atoms with Gasteiger partial charge in [0.25, 0.3) is 0 Å². The number of aliphatic hydroxyl groups is 2. The zero-order valence-corrected chi connectivity index (χ0v) is 15.0. The average molecular weight is 372 g/mol. The maximum atomic E-state index is 9.78. The van der Waals surface area contributed by atoms with E-state index in [2.05, 4.69) is 0 Å². The fraction of sp³-hybridized carbons (Fsp3) is 0.800. The van der Waals surface area contributed by atoms with Crippen LogP contribution in [-0.4, -0.2) is 83.2 Å². The third kappa shape index (κ3) is 12.7. The molecule has 0 rings (SSSR count). The number of hydrogen-bond acceptors (Lipinski definition) is 6. The summed E-state index contributed by atoms with van der Waals surface area (Å²) in [6, 6.07) is 0. The molecule has 7 heteroatoms. The van der Waals surface area contributed by atoms with Crippen molar-refractivity contribution in [2.75, 3.05) is 0 Å². The van der Waals surface area contributed by atoms with Gasteiger partial charge in [-0.15, -0.1) is 0 Å². The van der Waals surface area contributed by atoms with Crippen LogP contribution < -0.4 is 10.2 Å². The third-order valence-electron chi connectivity index (χ3n) is 1.75. The second-order valence-corrected chi connectivity index (χ2v) is 4.02. The topological polar surface area (TPSA) is 121 Å². The summed E-state index contributed by atoms with van der Waals surface area (Å²) in [7, 11) is 0. The first-order chi connectivity index (χ1) is 7.11. The van der Waals surface area contributed by atoms with E-state index in [1.165, 1.54) is 0 Å². The SMILES string of the molecule is CC(C)[C@@H](O)C(=O)[O-].CC(C)[C@@H](O)C(=O)[O-].[Ba+2]. The summed E-state index contributed by atoms with van der Waals surface area (Å²) in [5.41, 5.74) is 0. The largest absolute Gasteiger partial charge is 2.00 e. The minimum atomic E-state index is -1.40. The Kier molecular flexibility index (Phi) is 15.3. The van der Waals surface area contributed by atoms with Crippen LogP contribution in [0.4, 0.5) is 0 Å². The Bertz CT molecular complexity index is 205. The second kappa shape index (κ2) is 11.5. The molecule has 0 saturated heterocycles. The van der Waals surface area contributed by atoms with Gasteiger partial charge in [0, 0.05) is 0 Å². The molecule has 0 aliphatic carbocycles. The van der Waals surface area contributed by atoms with Crippen LogP contribution in [-0.2, 0) is 9.59 Å². The molecule has 0 aromatic carbocycles. The number of rotatable bonds is 4. The van der Waals surface area contributed by atoms with Gasteiger partial charge in [0.05, 0.1) is 24.1 Å². The van der Waals surface area contributed by atoms with Crippen LogP contribution in [0.1, 0.15) is 27.7 Å². The Morgan fingerprint density at radius 1 is 0.824 bits per heavy atom. The van der Waals surface area contributed by atoms with Gasteiger partial charge in [-0.3, -0.25) is 0 Å². The minimum absolute atomic E-state index is 0. The summed E-state index contributed by atoms with van der Waals surface area (Å²) in [5.74, 6) is -3.33. The maximum Gasteiger partial charge on any atom is 2.00 e. The Morgan fingerprint density at radius 3 is 1.00 bits per heavy atom. The van der Waals surface area contributed by atoms with Crippen LogP contribution >= 0.6 is 0 Å². The number of carboxylic acids is 2. The molecular formula is C10H18BaO6. The monoisotopic (exact) mass is 372 g/mol. The van der Waals surface area contributed by atoms with Crippen molar-refractivity contribution in [2.45, 2.75) is 39.9 Å². The van der Waals surface area contributed by atoms with Gasteiger partial charge in [-0.05, 0) is 11.8 Å². The fourth-order valence-electron chi connectivity index (χ4n) is 0.544. The number of aliphatic hydroxyl groups excluding tert-OH is 2. The van der Waals surface area contributed by atoms with Crippen LogP contribution in [0.3, 0.4) is 0 Å². The average Bonchev–Trinajstić information content (AvgIpc) is 2.15. The van der Waals surface area contributed by atoms with Gasteiger partial charge in [-0.25, -0.2) is 0 Å². The molecule has 2 atom stereocenters. The number of aliphatic carboxylic acids is 2. The van der Waals surface area contributed by atoms with Crippen molar-refractivity contribution < 1.29 is 30.0 Å². The molecule has 0 aromatic heterocycles. The summed E-state index contributed by atoms with van der Waals surface area (Å²) >= 11 is 0. The van der Waals surface area contributed by atoms with Gasteiger partial charge in [-0.1, -0.05) is 27.7 Å². The summed E-state index contributed by atoms with van der Waals surface area (Å²) in [6.45, 7) is 6.45. The molecule has 0 heterocycles. The van der Waals surface area contributed by atoms with E-state index < -0.39 is 24.1 Å². The van der Waals surface area contributed by atoms with E-state index in [1.54, 1.807) is 27.7 Å². The standard InChI is InChI=1S/2C5H10O3.Ba/c2*1-3(2)4(6)5(7)8;/h2*3-4,6H,1-2H3,(H,7,8);/q;;+2/p-2/t2*4-;/m11./s1. The summed E-state index contributed by atoms with van der Waals surface area (Å²) in [6.07, 6.45) is -2.65. The van der Waals surface area contributed by atoms with Gasteiger partial charge in [0.2, 0.25) is 0 Å². The molecule has 0 radical (unpaired) electrons. The predicted octanol–water partition coefficient (Wildman–Crippen LogP) is -2.87. The fourth-order valence-corrected chi connectivity index (χ4v) is 0.544. The molecular weight excluding hydrogens is 353 g/mol. The van der Waals surface area contributed by atoms with Crippen LogP contribution in [0.5, 0.6) is 0 Å². The molecule has 0 spiro atoms. The van der Waals surface area contributed by atoms with E-state index in [4.69, 9.17) is 10.2 Å². The van der Waals surface area contributed by atoms with Crippen LogP contribution in [0, 0.1) is 11.8 Å². The van der Waals surface area contributed by atoms with E-state index in [1.807, 2.05) is 0 Å². The van der Waals surface area contributed by atoms with Crippen molar-refractivity contribution in [3.05, 3.63) is 0 Å². The molecule has 0 aromatic rings. The second-order valence-electron chi connectivity index (χ2n) is 4.02. The smallest absolute Gasteiger partial charge is 0.547 e. The molecule has 2 N–H and O–H groups in total. The van der Waals surface area contributed by atoms with E-state index in [0.29, 0.717) is 0 Å².